The minimum Gasteiger partial charge on any atom is -0.481 e. The molecule has 1 aliphatic heterocycles. The fraction of sp³-hybridized carbons (Fsp3) is 0.875. The van der Waals surface area contributed by atoms with E-state index in [-0.39, 0.29) is 24.0 Å². The molecule has 1 atom stereocenters. The lowest BCUT2D eigenvalue weighted by atomic mass is 9.67. The fourth-order valence-corrected chi connectivity index (χ4v) is 3.81. The number of aliphatic carboxylic acids is 1. The molecule has 0 amide bonds. The summed E-state index contributed by atoms with van der Waals surface area (Å²) in [5.74, 6) is -0.190. The lowest BCUT2D eigenvalue weighted by Crippen LogP contribution is -2.43. The maximum atomic E-state index is 12.4. The van der Waals surface area contributed by atoms with Crippen molar-refractivity contribution in [2.45, 2.75) is 77.4 Å². The number of ketones is 1. The number of rotatable bonds is 2. The molecule has 0 bridgehead atoms. The molecule has 0 radical (unpaired) electrons. The zero-order valence-electron chi connectivity index (χ0n) is 13.0. The van der Waals surface area contributed by atoms with Gasteiger partial charge in [-0.15, -0.1) is 0 Å². The normalized spacial score (nSPS) is 38.4. The summed E-state index contributed by atoms with van der Waals surface area (Å²) in [6.07, 6.45) is 3.59. The van der Waals surface area contributed by atoms with Gasteiger partial charge in [0.2, 0.25) is 0 Å². The predicted octanol–water partition coefficient (Wildman–Crippen LogP) is 3.18. The van der Waals surface area contributed by atoms with Crippen LogP contribution in [0.15, 0.2) is 0 Å². The monoisotopic (exact) mass is 282 g/mol. The lowest BCUT2D eigenvalue weighted by Gasteiger charge is -2.41. The molecule has 1 unspecified atom stereocenters. The lowest BCUT2D eigenvalue weighted by molar-refractivity contribution is -0.159. The average molecular weight is 282 g/mol. The Bertz CT molecular complexity index is 413. The molecule has 1 heterocycles. The van der Waals surface area contributed by atoms with Crippen molar-refractivity contribution >= 4 is 11.8 Å². The van der Waals surface area contributed by atoms with Crippen LogP contribution in [0.25, 0.3) is 0 Å². The SMILES string of the molecule is CC1(CC(=O)O)CC(=O)C2(CCC(C(C)(C)C)CC2)O1. The highest BCUT2D eigenvalue weighted by Gasteiger charge is 2.55. The van der Waals surface area contributed by atoms with Crippen molar-refractivity contribution in [2.24, 2.45) is 11.3 Å². The second-order valence-electron chi connectivity index (χ2n) is 7.86. The molecule has 1 aliphatic carbocycles. The van der Waals surface area contributed by atoms with E-state index in [0.29, 0.717) is 5.92 Å². The quantitative estimate of drug-likeness (QED) is 0.845. The molecule has 114 valence electrons. The minimum atomic E-state index is -0.902. The van der Waals surface area contributed by atoms with Crippen LogP contribution in [-0.4, -0.2) is 28.1 Å². The van der Waals surface area contributed by atoms with Crippen molar-refractivity contribution in [3.05, 3.63) is 0 Å². The molecule has 1 spiro atoms. The first-order valence-corrected chi connectivity index (χ1v) is 7.52. The molecule has 0 aromatic rings. The van der Waals surface area contributed by atoms with Gasteiger partial charge in [-0.1, -0.05) is 20.8 Å². The van der Waals surface area contributed by atoms with E-state index in [2.05, 4.69) is 20.8 Å². The van der Waals surface area contributed by atoms with Gasteiger partial charge in [-0.05, 0) is 43.9 Å². The number of carboxylic acids is 1. The summed E-state index contributed by atoms with van der Waals surface area (Å²) in [6, 6.07) is 0. The van der Waals surface area contributed by atoms with Crippen molar-refractivity contribution in [1.29, 1.82) is 0 Å². The van der Waals surface area contributed by atoms with Gasteiger partial charge < -0.3 is 9.84 Å². The van der Waals surface area contributed by atoms with Crippen molar-refractivity contribution in [3.8, 4) is 0 Å². The van der Waals surface area contributed by atoms with E-state index >= 15 is 0 Å². The van der Waals surface area contributed by atoms with Crippen LogP contribution in [-0.2, 0) is 14.3 Å². The van der Waals surface area contributed by atoms with E-state index in [9.17, 15) is 9.59 Å². The Morgan fingerprint density at radius 2 is 1.90 bits per heavy atom. The van der Waals surface area contributed by atoms with Gasteiger partial charge in [0.15, 0.2) is 5.78 Å². The topological polar surface area (TPSA) is 63.6 Å². The Morgan fingerprint density at radius 3 is 2.35 bits per heavy atom. The van der Waals surface area contributed by atoms with Gasteiger partial charge in [-0.3, -0.25) is 9.59 Å². The Morgan fingerprint density at radius 1 is 1.35 bits per heavy atom. The molecule has 4 nitrogen and oxygen atoms in total. The standard InChI is InChI=1S/C16H26O4/c1-14(2,3)11-5-7-16(8-6-11)12(17)9-15(4,20-16)10-13(18)19/h11H,5-10H2,1-4H3,(H,18,19). The van der Waals surface area contributed by atoms with E-state index in [0.717, 1.165) is 25.7 Å². The first-order valence-electron chi connectivity index (χ1n) is 7.52. The number of ether oxygens (including phenoxy) is 1. The van der Waals surface area contributed by atoms with Gasteiger partial charge in [-0.25, -0.2) is 0 Å². The van der Waals surface area contributed by atoms with Crippen LogP contribution in [0.2, 0.25) is 0 Å². The molecule has 1 N–H and O–H groups in total. The summed E-state index contributed by atoms with van der Waals surface area (Å²) in [4.78, 5) is 23.3. The van der Waals surface area contributed by atoms with Crippen LogP contribution < -0.4 is 0 Å². The van der Waals surface area contributed by atoms with E-state index in [1.807, 2.05) is 0 Å². The Hall–Kier alpha value is -0.900. The Kier molecular flexibility index (Phi) is 3.74. The molecule has 2 aliphatic rings. The van der Waals surface area contributed by atoms with Crippen molar-refractivity contribution in [3.63, 3.8) is 0 Å². The molecule has 1 saturated heterocycles. The highest BCUT2D eigenvalue weighted by molar-refractivity contribution is 5.91. The number of hydrogen-bond acceptors (Lipinski definition) is 3. The van der Waals surface area contributed by atoms with E-state index in [4.69, 9.17) is 9.84 Å². The molecule has 1 saturated carbocycles. The molecule has 2 rings (SSSR count). The van der Waals surface area contributed by atoms with Crippen LogP contribution in [0.1, 0.15) is 66.2 Å². The van der Waals surface area contributed by atoms with Crippen LogP contribution in [0.3, 0.4) is 0 Å². The molecular weight excluding hydrogens is 256 g/mol. The van der Waals surface area contributed by atoms with Gasteiger partial charge in [0, 0.05) is 6.42 Å². The molecule has 0 aromatic heterocycles. The smallest absolute Gasteiger partial charge is 0.306 e. The van der Waals surface area contributed by atoms with Gasteiger partial charge in [0.1, 0.15) is 5.60 Å². The fourth-order valence-electron chi connectivity index (χ4n) is 3.81. The number of carbonyl (C=O) groups excluding carboxylic acids is 1. The minimum absolute atomic E-state index is 0.0941. The van der Waals surface area contributed by atoms with E-state index < -0.39 is 17.2 Å². The summed E-state index contributed by atoms with van der Waals surface area (Å²) in [5, 5.41) is 8.97. The Labute approximate surface area is 120 Å². The van der Waals surface area contributed by atoms with E-state index in [1.165, 1.54) is 0 Å². The van der Waals surface area contributed by atoms with E-state index in [1.54, 1.807) is 6.92 Å². The largest absolute Gasteiger partial charge is 0.481 e. The second-order valence-corrected chi connectivity index (χ2v) is 7.86. The number of carbonyl (C=O) groups is 2. The van der Waals surface area contributed by atoms with Gasteiger partial charge in [0.25, 0.3) is 0 Å². The van der Waals surface area contributed by atoms with Crippen LogP contribution >= 0.6 is 0 Å². The molecule has 4 heteroatoms. The predicted molar refractivity (Wildman–Crippen MR) is 75.5 cm³/mol. The van der Waals surface area contributed by atoms with Gasteiger partial charge in [-0.2, -0.15) is 0 Å². The summed E-state index contributed by atoms with van der Waals surface area (Å²) < 4.78 is 6.03. The molecule has 2 fully saturated rings. The molecular formula is C16H26O4. The highest BCUT2D eigenvalue weighted by atomic mass is 16.5. The summed E-state index contributed by atoms with van der Waals surface area (Å²) in [6.45, 7) is 8.47. The number of carboxylic acid groups (broad SMARTS) is 1. The average Bonchev–Trinajstić information content (AvgIpc) is 2.48. The third kappa shape index (κ3) is 2.90. The number of hydrogen-bond donors (Lipinski definition) is 1. The first-order chi connectivity index (χ1) is 9.06. The van der Waals surface area contributed by atoms with Gasteiger partial charge in [0.05, 0.1) is 12.0 Å². The van der Waals surface area contributed by atoms with Crippen LogP contribution in [0.5, 0.6) is 0 Å². The van der Waals surface area contributed by atoms with Crippen LogP contribution in [0.4, 0.5) is 0 Å². The summed E-state index contributed by atoms with van der Waals surface area (Å²) >= 11 is 0. The Balaban J connectivity index is 2.07. The zero-order valence-corrected chi connectivity index (χ0v) is 13.0. The second kappa shape index (κ2) is 4.83. The molecule has 20 heavy (non-hydrogen) atoms. The van der Waals surface area contributed by atoms with Crippen molar-refractivity contribution in [2.75, 3.05) is 0 Å². The van der Waals surface area contributed by atoms with Crippen LogP contribution in [0, 0.1) is 11.3 Å². The van der Waals surface area contributed by atoms with Crippen molar-refractivity contribution < 1.29 is 19.4 Å². The third-order valence-electron chi connectivity index (χ3n) is 5.03. The zero-order chi connectivity index (χ0) is 15.2. The maximum Gasteiger partial charge on any atom is 0.306 e. The molecule has 0 aromatic carbocycles. The van der Waals surface area contributed by atoms with Gasteiger partial charge >= 0.3 is 5.97 Å². The maximum absolute atomic E-state index is 12.4. The third-order valence-corrected chi connectivity index (χ3v) is 5.03. The highest BCUT2D eigenvalue weighted by Crippen LogP contribution is 2.49. The first kappa shape index (κ1) is 15.5. The summed E-state index contributed by atoms with van der Waals surface area (Å²) in [5.41, 5.74) is -1.27. The summed E-state index contributed by atoms with van der Waals surface area (Å²) in [7, 11) is 0. The number of Topliss-reactive ketones (excluding diaryl/α,β-unsaturated/α-hetero) is 1. The van der Waals surface area contributed by atoms with Crippen molar-refractivity contribution in [1.82, 2.24) is 0 Å².